The summed E-state index contributed by atoms with van der Waals surface area (Å²) in [6.45, 7) is 4.38. The summed E-state index contributed by atoms with van der Waals surface area (Å²) < 4.78 is 0. The molecule has 0 aliphatic carbocycles. The predicted octanol–water partition coefficient (Wildman–Crippen LogP) is 13.2. The van der Waals surface area contributed by atoms with Crippen molar-refractivity contribution in [1.82, 2.24) is 15.0 Å². The minimum absolute atomic E-state index is 0.447. The normalized spacial score (nSPS) is 12.3. The minimum Gasteiger partial charge on any atom is -0.264 e. The van der Waals surface area contributed by atoms with Crippen molar-refractivity contribution in [3.05, 3.63) is 211 Å². The number of rotatable bonds is 7. The molecule has 11 rings (SSSR count). The van der Waals surface area contributed by atoms with E-state index in [0.29, 0.717) is 18.2 Å². The molecule has 286 valence electrons. The van der Waals surface area contributed by atoms with Crippen LogP contribution < -0.4 is 0 Å². The van der Waals surface area contributed by atoms with Gasteiger partial charge in [-0.1, -0.05) is 133 Å². The van der Waals surface area contributed by atoms with Gasteiger partial charge in [-0.2, -0.15) is 0 Å². The molecule has 0 fully saturated rings. The van der Waals surface area contributed by atoms with Crippen molar-refractivity contribution < 1.29 is 0 Å². The van der Waals surface area contributed by atoms with E-state index < -0.39 is 0 Å². The van der Waals surface area contributed by atoms with Crippen LogP contribution in [-0.4, -0.2) is 33.3 Å². The molecule has 0 saturated carbocycles. The number of pyridine rings is 3. The van der Waals surface area contributed by atoms with Crippen molar-refractivity contribution in [2.24, 2.45) is 15.0 Å². The molecule has 0 atom stereocenters. The molecule has 8 aromatic carbocycles. The van der Waals surface area contributed by atoms with Crippen LogP contribution in [0.1, 0.15) is 16.7 Å². The van der Waals surface area contributed by atoms with Gasteiger partial charge < -0.3 is 0 Å². The van der Waals surface area contributed by atoms with Crippen LogP contribution in [0.5, 0.6) is 0 Å². The van der Waals surface area contributed by atoms with Gasteiger partial charge in [0.1, 0.15) is 0 Å². The van der Waals surface area contributed by atoms with Gasteiger partial charge in [-0.3, -0.25) is 15.0 Å². The third-order valence-electron chi connectivity index (χ3n) is 11.5. The first-order valence-corrected chi connectivity index (χ1v) is 20.3. The van der Waals surface area contributed by atoms with Crippen LogP contribution in [0.15, 0.2) is 209 Å². The van der Waals surface area contributed by atoms with E-state index in [-0.39, 0.29) is 0 Å². The number of amidine groups is 2. The highest BCUT2D eigenvalue weighted by Gasteiger charge is 2.18. The molecule has 0 N–H and O–H groups in total. The van der Waals surface area contributed by atoms with Gasteiger partial charge >= 0.3 is 0 Å². The average molecular weight is 781 g/mol. The maximum atomic E-state index is 5.22. The lowest BCUT2D eigenvalue weighted by atomic mass is 9.87. The Labute approximate surface area is 352 Å². The molecule has 3 aromatic heterocycles. The topological polar surface area (TPSA) is 75.8 Å². The molecule has 0 spiro atoms. The van der Waals surface area contributed by atoms with E-state index in [1.165, 1.54) is 32.3 Å². The fraction of sp³-hybridized carbons (Fsp3) is 0.0182. The molecule has 0 aliphatic heterocycles. The number of fused-ring (bicyclic) bond motifs is 3. The van der Waals surface area contributed by atoms with E-state index >= 15 is 0 Å². The van der Waals surface area contributed by atoms with Crippen LogP contribution in [-0.2, 0) is 6.54 Å². The number of hydrogen-bond donors (Lipinski definition) is 0. The van der Waals surface area contributed by atoms with E-state index in [0.717, 1.165) is 72.0 Å². The number of aromatic nitrogens is 3. The summed E-state index contributed by atoms with van der Waals surface area (Å²) in [4.78, 5) is 29.0. The van der Waals surface area contributed by atoms with E-state index in [2.05, 4.69) is 131 Å². The lowest BCUT2D eigenvalue weighted by Gasteiger charge is -2.17. The zero-order valence-electron chi connectivity index (χ0n) is 33.1. The molecule has 0 amide bonds. The fourth-order valence-corrected chi connectivity index (χ4v) is 8.60. The van der Waals surface area contributed by atoms with Gasteiger partial charge in [0.2, 0.25) is 0 Å². The fourth-order valence-electron chi connectivity index (χ4n) is 8.60. The molecule has 6 nitrogen and oxygen atoms in total. The first kappa shape index (κ1) is 35.9. The van der Waals surface area contributed by atoms with E-state index in [4.69, 9.17) is 15.0 Å². The number of hydrogen-bond acceptors (Lipinski definition) is 4. The SMILES string of the molecule is C=NC(=NC(=NCc1ccccc1)c1cc(-c2ccc(-c3nc4cccnc4c4cnccc34)cc2)cc(-c2cc3cccc4ccc5cccc2c5c43)c1)c1ccccc1. The third kappa shape index (κ3) is 6.57. The minimum atomic E-state index is 0.447. The Kier molecular flexibility index (Phi) is 8.94. The van der Waals surface area contributed by atoms with Gasteiger partial charge in [0.25, 0.3) is 0 Å². The smallest absolute Gasteiger partial charge is 0.161 e. The Morgan fingerprint density at radius 1 is 0.508 bits per heavy atom. The molecule has 61 heavy (non-hydrogen) atoms. The maximum absolute atomic E-state index is 5.22. The number of aliphatic imine (C=N–C) groups is 3. The first-order chi connectivity index (χ1) is 30.2. The van der Waals surface area contributed by atoms with Crippen LogP contribution in [0.4, 0.5) is 0 Å². The van der Waals surface area contributed by atoms with Crippen molar-refractivity contribution in [3.63, 3.8) is 0 Å². The maximum Gasteiger partial charge on any atom is 0.161 e. The van der Waals surface area contributed by atoms with Crippen molar-refractivity contribution in [2.75, 3.05) is 0 Å². The van der Waals surface area contributed by atoms with Gasteiger partial charge in [-0.05, 0) is 109 Å². The van der Waals surface area contributed by atoms with Gasteiger partial charge in [0.15, 0.2) is 11.7 Å². The molecule has 3 heterocycles. The summed E-state index contributed by atoms with van der Waals surface area (Å²) in [6.07, 6.45) is 5.49. The van der Waals surface area contributed by atoms with Crippen LogP contribution in [0, 0.1) is 0 Å². The summed E-state index contributed by atoms with van der Waals surface area (Å²) in [5.74, 6) is 1.08. The number of benzene rings is 8. The largest absolute Gasteiger partial charge is 0.264 e. The van der Waals surface area contributed by atoms with E-state index in [9.17, 15) is 0 Å². The quantitative estimate of drug-likeness (QED) is 0.0918. The second kappa shape index (κ2) is 15.2. The standard InChI is InChI=1S/C55H36N6/c1-56-54(40-13-6-3-7-14-40)61-55(59-33-35-11-4-2-5-12-35)44-30-42(29-43(31-44)47-32-41-17-8-15-37-22-23-38-16-9-18-45(47)51(38)50(37)41)36-20-24-39(25-21-36)52-46-26-28-57-34-48(46)53-49(60-52)19-10-27-58-53/h2-32,34H,1,33H2. The van der Waals surface area contributed by atoms with E-state index in [1.807, 2.05) is 79.1 Å². The third-order valence-corrected chi connectivity index (χ3v) is 11.5. The van der Waals surface area contributed by atoms with Crippen LogP contribution in [0.3, 0.4) is 0 Å². The summed E-state index contributed by atoms with van der Waals surface area (Å²) in [6, 6.07) is 61.5. The van der Waals surface area contributed by atoms with Crippen molar-refractivity contribution in [1.29, 1.82) is 0 Å². The molecule has 6 heteroatoms. The molecule has 0 saturated heterocycles. The Morgan fingerprint density at radius 2 is 1.25 bits per heavy atom. The van der Waals surface area contributed by atoms with Crippen molar-refractivity contribution >= 4 is 72.5 Å². The van der Waals surface area contributed by atoms with Gasteiger partial charge in [-0.15, -0.1) is 0 Å². The highest BCUT2D eigenvalue weighted by Crippen LogP contribution is 2.42. The highest BCUT2D eigenvalue weighted by molar-refractivity contribution is 6.26. The Morgan fingerprint density at radius 3 is 2.07 bits per heavy atom. The van der Waals surface area contributed by atoms with Gasteiger partial charge in [-0.25, -0.2) is 15.0 Å². The Bertz CT molecular complexity index is 3500. The summed E-state index contributed by atoms with van der Waals surface area (Å²) in [5.41, 5.74) is 10.7. The molecular formula is C55H36N6. The first-order valence-electron chi connectivity index (χ1n) is 20.3. The summed E-state index contributed by atoms with van der Waals surface area (Å²) >= 11 is 0. The second-order valence-corrected chi connectivity index (χ2v) is 15.2. The molecule has 0 unspecified atom stereocenters. The van der Waals surface area contributed by atoms with Gasteiger partial charge in [0.05, 0.1) is 23.3 Å². The monoisotopic (exact) mass is 780 g/mol. The molecule has 0 aliphatic rings. The Balaban J connectivity index is 1.13. The second-order valence-electron chi connectivity index (χ2n) is 15.2. The summed E-state index contributed by atoms with van der Waals surface area (Å²) in [7, 11) is 0. The van der Waals surface area contributed by atoms with Crippen LogP contribution in [0.25, 0.3) is 87.6 Å². The zero-order chi connectivity index (χ0) is 40.7. The molecule has 11 aromatic rings. The summed E-state index contributed by atoms with van der Waals surface area (Å²) in [5, 5.41) is 9.39. The van der Waals surface area contributed by atoms with Crippen molar-refractivity contribution in [3.8, 4) is 33.5 Å². The Hall–Kier alpha value is -8.22. The lowest BCUT2D eigenvalue weighted by Crippen LogP contribution is -2.06. The molecule has 0 radical (unpaired) electrons. The van der Waals surface area contributed by atoms with Crippen LogP contribution in [0.2, 0.25) is 0 Å². The highest BCUT2D eigenvalue weighted by atomic mass is 15.0. The molecular weight excluding hydrogens is 745 g/mol. The number of nitrogens with zero attached hydrogens (tertiary/aromatic N) is 6. The lowest BCUT2D eigenvalue weighted by molar-refractivity contribution is 1.06. The zero-order valence-corrected chi connectivity index (χ0v) is 33.1. The van der Waals surface area contributed by atoms with E-state index in [1.54, 1.807) is 6.20 Å². The average Bonchev–Trinajstić information content (AvgIpc) is 3.33. The van der Waals surface area contributed by atoms with Gasteiger partial charge in [0, 0.05) is 46.1 Å². The molecule has 0 bridgehead atoms. The van der Waals surface area contributed by atoms with Crippen LogP contribution >= 0.6 is 0 Å². The van der Waals surface area contributed by atoms with Crippen molar-refractivity contribution in [2.45, 2.75) is 6.54 Å². The predicted molar refractivity (Wildman–Crippen MR) is 254 cm³/mol.